The minimum Gasteiger partial charge on any atom is -0.391 e. The molecule has 3 nitrogen and oxygen atoms in total. The summed E-state index contributed by atoms with van der Waals surface area (Å²) in [7, 11) is 0. The van der Waals surface area contributed by atoms with Gasteiger partial charge in [0.05, 0.1) is 6.10 Å². The topological polar surface area (TPSA) is 49.3 Å². The van der Waals surface area contributed by atoms with Gasteiger partial charge in [-0.3, -0.25) is 4.79 Å². The molecule has 2 N–H and O–H groups in total. The van der Waals surface area contributed by atoms with Crippen LogP contribution in [-0.2, 0) is 4.79 Å². The van der Waals surface area contributed by atoms with Crippen molar-refractivity contribution in [2.75, 3.05) is 18.1 Å². The fourth-order valence-electron chi connectivity index (χ4n) is 1.74. The summed E-state index contributed by atoms with van der Waals surface area (Å²) in [6.45, 7) is 0.449. The van der Waals surface area contributed by atoms with Crippen LogP contribution < -0.4 is 5.32 Å². The van der Waals surface area contributed by atoms with E-state index in [1.54, 1.807) is 0 Å². The van der Waals surface area contributed by atoms with Crippen LogP contribution in [0.1, 0.15) is 19.3 Å². The number of carbonyl (C=O) groups excluding carboxylic acids is 1. The molecule has 0 aromatic heterocycles. The molecular formula is C10H17NO2S. The maximum atomic E-state index is 11.6. The minimum atomic E-state index is -0.312. The number of nitrogens with one attached hydrogen (secondary N) is 1. The van der Waals surface area contributed by atoms with Crippen LogP contribution in [-0.4, -0.2) is 35.2 Å². The number of carbonyl (C=O) groups is 1. The van der Waals surface area contributed by atoms with Gasteiger partial charge in [0.2, 0.25) is 5.91 Å². The van der Waals surface area contributed by atoms with Crippen molar-refractivity contribution in [1.29, 1.82) is 0 Å². The smallest absolute Gasteiger partial charge is 0.224 e. The lowest BCUT2D eigenvalue weighted by atomic mass is 10.1. The SMILES string of the molecule is O=C(NCC(O)C1CC1)C1CCSC1. The Morgan fingerprint density at radius 3 is 2.86 bits per heavy atom. The number of thioether (sulfide) groups is 1. The van der Waals surface area contributed by atoms with Gasteiger partial charge in [-0.05, 0) is 30.9 Å². The summed E-state index contributed by atoms with van der Waals surface area (Å²) in [4.78, 5) is 11.6. The van der Waals surface area contributed by atoms with Crippen LogP contribution in [0.25, 0.3) is 0 Å². The molecule has 1 aliphatic carbocycles. The number of rotatable bonds is 4. The first-order valence-corrected chi connectivity index (χ1v) is 6.46. The van der Waals surface area contributed by atoms with Crippen LogP contribution >= 0.6 is 11.8 Å². The Labute approximate surface area is 88.6 Å². The molecule has 2 aliphatic rings. The summed E-state index contributed by atoms with van der Waals surface area (Å²) in [6.07, 6.45) is 2.93. The molecule has 4 heteroatoms. The summed E-state index contributed by atoms with van der Waals surface area (Å²) in [5, 5.41) is 12.4. The lowest BCUT2D eigenvalue weighted by Crippen LogP contribution is -2.37. The predicted molar refractivity (Wildman–Crippen MR) is 57.2 cm³/mol. The summed E-state index contributed by atoms with van der Waals surface area (Å²) >= 11 is 1.84. The fraction of sp³-hybridized carbons (Fsp3) is 0.900. The van der Waals surface area contributed by atoms with Crippen LogP contribution in [0.4, 0.5) is 0 Å². The lowest BCUT2D eigenvalue weighted by molar-refractivity contribution is -0.124. The van der Waals surface area contributed by atoms with E-state index in [1.165, 1.54) is 0 Å². The molecule has 1 aliphatic heterocycles. The highest BCUT2D eigenvalue weighted by Gasteiger charge is 2.30. The molecule has 2 atom stereocenters. The van der Waals surface area contributed by atoms with Gasteiger partial charge in [-0.15, -0.1) is 0 Å². The van der Waals surface area contributed by atoms with Crippen molar-refractivity contribution >= 4 is 17.7 Å². The van der Waals surface area contributed by atoms with Crippen LogP contribution in [0, 0.1) is 11.8 Å². The van der Waals surface area contributed by atoms with Crippen molar-refractivity contribution < 1.29 is 9.90 Å². The van der Waals surface area contributed by atoms with Crippen molar-refractivity contribution in [3.8, 4) is 0 Å². The number of aliphatic hydroxyl groups excluding tert-OH is 1. The van der Waals surface area contributed by atoms with Gasteiger partial charge < -0.3 is 10.4 Å². The number of hydrogen-bond acceptors (Lipinski definition) is 3. The van der Waals surface area contributed by atoms with E-state index < -0.39 is 0 Å². The highest BCUT2D eigenvalue weighted by molar-refractivity contribution is 7.99. The van der Waals surface area contributed by atoms with E-state index >= 15 is 0 Å². The van der Waals surface area contributed by atoms with E-state index in [2.05, 4.69) is 5.32 Å². The third-order valence-corrected chi connectivity index (χ3v) is 4.11. The first kappa shape index (κ1) is 10.3. The molecule has 0 spiro atoms. The quantitative estimate of drug-likeness (QED) is 0.723. The summed E-state index contributed by atoms with van der Waals surface area (Å²) in [5.41, 5.74) is 0. The molecule has 1 amide bonds. The summed E-state index contributed by atoms with van der Waals surface area (Å²) in [5.74, 6) is 2.82. The van der Waals surface area contributed by atoms with Gasteiger partial charge in [-0.2, -0.15) is 11.8 Å². The highest BCUT2D eigenvalue weighted by Crippen LogP contribution is 2.32. The van der Waals surface area contributed by atoms with E-state index in [4.69, 9.17) is 0 Å². The Morgan fingerprint density at radius 2 is 2.29 bits per heavy atom. The number of hydrogen-bond donors (Lipinski definition) is 2. The predicted octanol–water partition coefficient (Wildman–Crippen LogP) is 0.627. The molecule has 14 heavy (non-hydrogen) atoms. The van der Waals surface area contributed by atoms with E-state index in [9.17, 15) is 9.90 Å². The van der Waals surface area contributed by atoms with Crippen LogP contribution in [0.2, 0.25) is 0 Å². The average Bonchev–Trinajstić information content (AvgIpc) is 2.90. The number of amides is 1. The van der Waals surface area contributed by atoms with E-state index in [0.29, 0.717) is 12.5 Å². The maximum Gasteiger partial charge on any atom is 0.224 e. The largest absolute Gasteiger partial charge is 0.391 e. The second-order valence-corrected chi connectivity index (χ2v) is 5.36. The Hall–Kier alpha value is -0.220. The zero-order valence-corrected chi connectivity index (χ0v) is 9.05. The van der Waals surface area contributed by atoms with Gasteiger partial charge in [-0.1, -0.05) is 0 Å². The van der Waals surface area contributed by atoms with Crippen LogP contribution in [0.15, 0.2) is 0 Å². The van der Waals surface area contributed by atoms with Crippen molar-refractivity contribution in [2.45, 2.75) is 25.4 Å². The number of aliphatic hydroxyl groups is 1. The van der Waals surface area contributed by atoms with Crippen molar-refractivity contribution in [1.82, 2.24) is 5.32 Å². The van der Waals surface area contributed by atoms with Gasteiger partial charge >= 0.3 is 0 Å². The highest BCUT2D eigenvalue weighted by atomic mass is 32.2. The third-order valence-electron chi connectivity index (χ3n) is 2.95. The molecule has 0 aromatic carbocycles. The van der Waals surface area contributed by atoms with Crippen LogP contribution in [0.5, 0.6) is 0 Å². The molecule has 2 unspecified atom stereocenters. The lowest BCUT2D eigenvalue weighted by Gasteiger charge is -2.13. The fourth-order valence-corrected chi connectivity index (χ4v) is 2.96. The molecule has 1 saturated heterocycles. The summed E-state index contributed by atoms with van der Waals surface area (Å²) < 4.78 is 0. The van der Waals surface area contributed by atoms with Gasteiger partial charge in [0, 0.05) is 18.2 Å². The molecule has 80 valence electrons. The second kappa shape index (κ2) is 4.53. The standard InChI is InChI=1S/C10H17NO2S/c12-9(7-1-2-7)5-11-10(13)8-3-4-14-6-8/h7-9,12H,1-6H2,(H,11,13). The maximum absolute atomic E-state index is 11.6. The zero-order valence-electron chi connectivity index (χ0n) is 8.24. The van der Waals surface area contributed by atoms with Gasteiger partial charge in [-0.25, -0.2) is 0 Å². The molecule has 2 rings (SSSR count). The average molecular weight is 215 g/mol. The molecule has 2 fully saturated rings. The summed E-state index contributed by atoms with van der Waals surface area (Å²) in [6, 6.07) is 0. The molecule has 1 heterocycles. The molecule has 1 saturated carbocycles. The Morgan fingerprint density at radius 1 is 1.50 bits per heavy atom. The Kier molecular flexibility index (Phi) is 3.34. The second-order valence-electron chi connectivity index (χ2n) is 4.21. The van der Waals surface area contributed by atoms with Crippen molar-refractivity contribution in [3.05, 3.63) is 0 Å². The van der Waals surface area contributed by atoms with E-state index in [-0.39, 0.29) is 17.9 Å². The monoisotopic (exact) mass is 215 g/mol. The minimum absolute atomic E-state index is 0.134. The zero-order chi connectivity index (χ0) is 9.97. The third kappa shape index (κ3) is 2.64. The molecular weight excluding hydrogens is 198 g/mol. The molecule has 0 radical (unpaired) electrons. The van der Waals surface area contributed by atoms with Crippen molar-refractivity contribution in [3.63, 3.8) is 0 Å². The van der Waals surface area contributed by atoms with Gasteiger partial charge in [0.1, 0.15) is 0 Å². The first-order chi connectivity index (χ1) is 6.77. The van der Waals surface area contributed by atoms with Crippen molar-refractivity contribution in [2.24, 2.45) is 11.8 Å². The first-order valence-electron chi connectivity index (χ1n) is 5.31. The Balaban J connectivity index is 1.66. The normalized spacial score (nSPS) is 28.8. The van der Waals surface area contributed by atoms with E-state index in [1.807, 2.05) is 11.8 Å². The molecule has 0 aromatic rings. The van der Waals surface area contributed by atoms with Gasteiger partial charge in [0.15, 0.2) is 0 Å². The molecule has 0 bridgehead atoms. The van der Waals surface area contributed by atoms with E-state index in [0.717, 1.165) is 30.8 Å². The van der Waals surface area contributed by atoms with Crippen LogP contribution in [0.3, 0.4) is 0 Å². The van der Waals surface area contributed by atoms with Gasteiger partial charge in [0.25, 0.3) is 0 Å². The Bertz CT molecular complexity index is 212.